The van der Waals surface area contributed by atoms with Gasteiger partial charge >= 0.3 is 6.09 Å². The lowest BCUT2D eigenvalue weighted by Crippen LogP contribution is -2.36. The van der Waals surface area contributed by atoms with Crippen molar-refractivity contribution in [3.63, 3.8) is 0 Å². The molecule has 0 bridgehead atoms. The summed E-state index contributed by atoms with van der Waals surface area (Å²) in [7, 11) is 8.62. The van der Waals surface area contributed by atoms with Crippen molar-refractivity contribution in [1.29, 1.82) is 0 Å². The molecule has 1 fully saturated rings. The van der Waals surface area contributed by atoms with Gasteiger partial charge in [-0.25, -0.2) is 4.79 Å². The number of likely N-dealkylation sites (tertiary alicyclic amines) is 1. The van der Waals surface area contributed by atoms with Crippen molar-refractivity contribution in [2.24, 2.45) is 5.92 Å². The number of rotatable bonds is 12. The quantitative estimate of drug-likeness (QED) is 0.143. The van der Waals surface area contributed by atoms with Gasteiger partial charge in [0.05, 0.1) is 48.0 Å². The van der Waals surface area contributed by atoms with Gasteiger partial charge in [0.25, 0.3) is 0 Å². The predicted octanol–water partition coefficient (Wildman–Crippen LogP) is 7.24. The number of hydrogen-bond donors (Lipinski definition) is 0. The summed E-state index contributed by atoms with van der Waals surface area (Å²) in [4.78, 5) is 15.8. The van der Waals surface area contributed by atoms with Crippen LogP contribution in [0.4, 0.5) is 4.79 Å². The lowest BCUT2D eigenvalue weighted by Gasteiger charge is -2.36. The van der Waals surface area contributed by atoms with E-state index >= 15 is 0 Å². The first-order valence-electron chi connectivity index (χ1n) is 16.5. The van der Waals surface area contributed by atoms with Gasteiger partial charge in [-0.05, 0) is 45.5 Å². The highest BCUT2D eigenvalue weighted by Crippen LogP contribution is 2.57. The van der Waals surface area contributed by atoms with Crippen LogP contribution in [0.25, 0.3) is 0 Å². The third-order valence-electron chi connectivity index (χ3n) is 8.93. The molecule has 5 rings (SSSR count). The lowest BCUT2D eigenvalue weighted by molar-refractivity contribution is 0.0287. The number of carbonyl (C=O) groups is 1. The third kappa shape index (κ3) is 7.73. The number of carbonyl (C=O) groups excluding carboxylic acids is 1. The Morgan fingerprint density at radius 2 is 1.16 bits per heavy atom. The van der Waals surface area contributed by atoms with Gasteiger partial charge < -0.3 is 38.1 Å². The van der Waals surface area contributed by atoms with Crippen molar-refractivity contribution in [2.75, 3.05) is 55.7 Å². The summed E-state index contributed by atoms with van der Waals surface area (Å²) < 4.78 is 41.6. The van der Waals surface area contributed by atoms with E-state index in [4.69, 9.17) is 33.2 Å². The zero-order valence-electron chi connectivity index (χ0n) is 30.4. The second-order valence-electron chi connectivity index (χ2n) is 13.0. The van der Waals surface area contributed by atoms with Gasteiger partial charge in [0.2, 0.25) is 0 Å². The fourth-order valence-corrected chi connectivity index (χ4v) is 10.1. The highest BCUT2D eigenvalue weighted by Gasteiger charge is 2.48. The molecule has 50 heavy (non-hydrogen) atoms. The molecule has 1 heterocycles. The summed E-state index contributed by atoms with van der Waals surface area (Å²) in [5, 5.41) is 2.05. The normalized spacial score (nSPS) is 17.0. The number of benzene rings is 4. The van der Waals surface area contributed by atoms with Gasteiger partial charge in [0, 0.05) is 54.5 Å². The molecule has 9 nitrogen and oxygen atoms in total. The minimum absolute atomic E-state index is 0.113. The van der Waals surface area contributed by atoms with E-state index in [9.17, 15) is 4.79 Å². The molecular formula is C40H48NO8P. The monoisotopic (exact) mass is 701 g/mol. The minimum Gasteiger partial charge on any atom is -0.496 e. The highest BCUT2D eigenvalue weighted by atomic mass is 31.1. The minimum atomic E-state index is -1.26. The molecule has 1 amide bonds. The maximum atomic E-state index is 14.0. The fraction of sp³-hybridized carbons (Fsp3) is 0.375. The number of ether oxygens (including phenoxy) is 7. The summed E-state index contributed by atoms with van der Waals surface area (Å²) in [6, 6.07) is 28.3. The predicted molar refractivity (Wildman–Crippen MR) is 198 cm³/mol. The van der Waals surface area contributed by atoms with Crippen LogP contribution >= 0.6 is 7.92 Å². The first-order valence-corrected chi connectivity index (χ1v) is 18.0. The Bertz CT molecular complexity index is 1580. The summed E-state index contributed by atoms with van der Waals surface area (Å²) in [6.07, 6.45) is -0.359. The number of methoxy groups -OCH3 is 6. The Kier molecular flexibility index (Phi) is 11.7. The maximum Gasteiger partial charge on any atom is 0.410 e. The Morgan fingerprint density at radius 1 is 0.680 bits per heavy atom. The van der Waals surface area contributed by atoms with Gasteiger partial charge in [-0.15, -0.1) is 0 Å². The van der Waals surface area contributed by atoms with Gasteiger partial charge in [-0.1, -0.05) is 60.7 Å². The molecule has 4 aromatic rings. The number of hydrogen-bond acceptors (Lipinski definition) is 8. The van der Waals surface area contributed by atoms with Crippen molar-refractivity contribution in [1.82, 2.24) is 4.90 Å². The summed E-state index contributed by atoms with van der Waals surface area (Å²) >= 11 is 0. The smallest absolute Gasteiger partial charge is 0.410 e. The average molecular weight is 702 g/mol. The molecule has 4 atom stereocenters. The molecule has 1 aliphatic heterocycles. The maximum absolute atomic E-state index is 14.0. The molecule has 0 N–H and O–H groups in total. The van der Waals surface area contributed by atoms with Crippen molar-refractivity contribution < 1.29 is 38.0 Å². The standard InChI is InChI=1S/C40H48NO8P/c1-40(2,3)49-39(42)41-24-30(36(26-16-12-10-13-17-26)37-31(45-6)20-27(43-4)21-32(37)46-7)35(25-41)50(29-18-14-11-15-19-29)38-33(47-8)22-28(44-5)23-34(38)48-9/h10-23,30,35-36H,24-25H2,1-9H3/t30-,35-,36+,50+/m1/s1. The molecule has 0 spiro atoms. The zero-order chi connectivity index (χ0) is 36.0. The zero-order valence-corrected chi connectivity index (χ0v) is 31.3. The average Bonchev–Trinajstić information content (AvgIpc) is 3.56. The Hall–Kier alpha value is -4.62. The van der Waals surface area contributed by atoms with Crippen LogP contribution in [0.1, 0.15) is 37.8 Å². The molecule has 0 aromatic heterocycles. The SMILES string of the molecule is COc1cc(OC)c([C@@H](c2ccccc2)[C@@H]2CN(C(=O)OC(C)(C)C)C[C@H]2[P@](c2ccccc2)c2c(OC)cc(OC)cc2OC)c(OC)c1. The van der Waals surface area contributed by atoms with Crippen LogP contribution in [0.15, 0.2) is 84.9 Å². The van der Waals surface area contributed by atoms with Crippen molar-refractivity contribution >= 4 is 24.6 Å². The summed E-state index contributed by atoms with van der Waals surface area (Å²) in [5.41, 5.74) is 1.16. The largest absolute Gasteiger partial charge is 0.496 e. The van der Waals surface area contributed by atoms with Crippen LogP contribution in [-0.2, 0) is 4.74 Å². The Morgan fingerprint density at radius 3 is 1.62 bits per heavy atom. The highest BCUT2D eigenvalue weighted by molar-refractivity contribution is 7.74. The van der Waals surface area contributed by atoms with E-state index in [0.717, 1.165) is 21.7 Å². The van der Waals surface area contributed by atoms with E-state index in [2.05, 4.69) is 24.3 Å². The van der Waals surface area contributed by atoms with E-state index < -0.39 is 13.5 Å². The van der Waals surface area contributed by atoms with Crippen LogP contribution in [0, 0.1) is 5.92 Å². The second kappa shape index (κ2) is 15.9. The Balaban J connectivity index is 1.83. The van der Waals surface area contributed by atoms with Crippen molar-refractivity contribution in [2.45, 2.75) is 37.9 Å². The molecule has 10 heteroatoms. The van der Waals surface area contributed by atoms with E-state index in [1.54, 1.807) is 42.7 Å². The molecule has 1 saturated heterocycles. The number of nitrogens with zero attached hydrogens (tertiary/aromatic N) is 1. The van der Waals surface area contributed by atoms with Crippen LogP contribution < -0.4 is 39.0 Å². The lowest BCUT2D eigenvalue weighted by atomic mass is 9.79. The molecule has 0 radical (unpaired) electrons. The van der Waals surface area contributed by atoms with Gasteiger partial charge in [-0.3, -0.25) is 0 Å². The van der Waals surface area contributed by atoms with Gasteiger partial charge in [-0.2, -0.15) is 0 Å². The Labute approximate surface area is 297 Å². The summed E-state index contributed by atoms with van der Waals surface area (Å²) in [5.74, 6) is 3.40. The molecule has 0 aliphatic carbocycles. The first kappa shape index (κ1) is 36.7. The number of amides is 1. The molecule has 1 aliphatic rings. The fourth-order valence-electron chi connectivity index (χ4n) is 6.82. The van der Waals surface area contributed by atoms with Crippen LogP contribution in [0.2, 0.25) is 0 Å². The topological polar surface area (TPSA) is 84.9 Å². The summed E-state index contributed by atoms with van der Waals surface area (Å²) in [6.45, 7) is 6.52. The third-order valence-corrected chi connectivity index (χ3v) is 11.9. The van der Waals surface area contributed by atoms with E-state index in [-0.39, 0.29) is 23.6 Å². The van der Waals surface area contributed by atoms with E-state index in [1.807, 2.05) is 86.3 Å². The van der Waals surface area contributed by atoms with Crippen LogP contribution in [-0.4, -0.2) is 78.0 Å². The van der Waals surface area contributed by atoms with Crippen LogP contribution in [0.5, 0.6) is 34.5 Å². The van der Waals surface area contributed by atoms with E-state index in [1.165, 1.54) is 0 Å². The van der Waals surface area contributed by atoms with Crippen LogP contribution in [0.3, 0.4) is 0 Å². The first-order chi connectivity index (χ1) is 24.1. The molecule has 4 aromatic carbocycles. The van der Waals surface area contributed by atoms with Crippen molar-refractivity contribution in [3.05, 3.63) is 96.1 Å². The van der Waals surface area contributed by atoms with Gasteiger partial charge in [0.1, 0.15) is 40.1 Å². The molecular weight excluding hydrogens is 653 g/mol. The molecule has 0 unspecified atom stereocenters. The van der Waals surface area contributed by atoms with E-state index in [0.29, 0.717) is 47.6 Å². The van der Waals surface area contributed by atoms with Gasteiger partial charge in [0.15, 0.2) is 0 Å². The molecule has 266 valence electrons. The molecule has 0 saturated carbocycles. The second-order valence-corrected chi connectivity index (χ2v) is 15.4. The van der Waals surface area contributed by atoms with Crippen molar-refractivity contribution in [3.8, 4) is 34.5 Å².